The highest BCUT2D eigenvalue weighted by Gasteiger charge is 2.39. The van der Waals surface area contributed by atoms with E-state index in [1.54, 1.807) is 12.3 Å². The fourth-order valence-electron chi connectivity index (χ4n) is 4.21. The Hall–Kier alpha value is -4.19. The van der Waals surface area contributed by atoms with E-state index in [1.165, 1.54) is 34.8 Å². The van der Waals surface area contributed by atoms with Crippen LogP contribution in [0.4, 0.5) is 0 Å². The molecule has 0 bridgehead atoms. The second-order valence-electron chi connectivity index (χ2n) is 8.70. The first-order chi connectivity index (χ1) is 17.8. The van der Waals surface area contributed by atoms with E-state index in [-0.39, 0.29) is 36.7 Å². The molecule has 1 aliphatic rings. The molecule has 3 heterocycles. The van der Waals surface area contributed by atoms with Gasteiger partial charge < -0.3 is 21.3 Å². The standard InChI is InChI=1S/C25H27N7O4S/c1-15-29-20(14-37-15)25(36)32-10-7-17(30-23(34)19-13-27-8-9-28-19)12-21(32)24(35)31-18(22(26)33)11-16-5-3-2-4-6-16/h2-6,8-9,13-14,17-18,21H,7,10-12H2,1H3,(H2,26,33)(H,30,34)(H,31,35)/t17-,18+,21-/m0/s1. The molecule has 192 valence electrons. The molecule has 0 saturated carbocycles. The van der Waals surface area contributed by atoms with E-state index >= 15 is 0 Å². The molecule has 1 aromatic carbocycles. The maximum absolute atomic E-state index is 13.5. The number of likely N-dealkylation sites (tertiary alicyclic amines) is 1. The minimum Gasteiger partial charge on any atom is -0.368 e. The lowest BCUT2D eigenvalue weighted by molar-refractivity contribution is -0.131. The van der Waals surface area contributed by atoms with Crippen LogP contribution in [0.2, 0.25) is 0 Å². The molecule has 0 unspecified atom stereocenters. The van der Waals surface area contributed by atoms with E-state index in [0.717, 1.165) is 10.6 Å². The van der Waals surface area contributed by atoms with E-state index in [9.17, 15) is 19.2 Å². The maximum atomic E-state index is 13.5. The molecule has 37 heavy (non-hydrogen) atoms. The van der Waals surface area contributed by atoms with Gasteiger partial charge in [0, 0.05) is 36.8 Å². The van der Waals surface area contributed by atoms with Crippen molar-refractivity contribution in [3.8, 4) is 0 Å². The lowest BCUT2D eigenvalue weighted by Crippen LogP contribution is -2.59. The summed E-state index contributed by atoms with van der Waals surface area (Å²) >= 11 is 1.34. The molecule has 2 aromatic heterocycles. The summed E-state index contributed by atoms with van der Waals surface area (Å²) in [6, 6.07) is 6.85. The van der Waals surface area contributed by atoms with Gasteiger partial charge in [-0.05, 0) is 25.3 Å². The first-order valence-corrected chi connectivity index (χ1v) is 12.6. The Morgan fingerprint density at radius 1 is 1.16 bits per heavy atom. The fourth-order valence-corrected chi connectivity index (χ4v) is 4.80. The van der Waals surface area contributed by atoms with E-state index in [1.807, 2.05) is 30.3 Å². The van der Waals surface area contributed by atoms with Crippen molar-refractivity contribution in [3.63, 3.8) is 0 Å². The second kappa shape index (κ2) is 11.7. The predicted octanol–water partition coefficient (Wildman–Crippen LogP) is 0.858. The van der Waals surface area contributed by atoms with Crippen molar-refractivity contribution in [1.82, 2.24) is 30.5 Å². The largest absolute Gasteiger partial charge is 0.368 e. The van der Waals surface area contributed by atoms with Crippen molar-refractivity contribution < 1.29 is 19.2 Å². The van der Waals surface area contributed by atoms with Gasteiger partial charge in [-0.3, -0.25) is 24.2 Å². The number of carbonyl (C=O) groups is 4. The normalized spacial score (nSPS) is 18.0. The number of primary amides is 1. The molecule has 1 aliphatic heterocycles. The molecule has 4 N–H and O–H groups in total. The molecule has 1 saturated heterocycles. The zero-order chi connectivity index (χ0) is 26.4. The number of aryl methyl sites for hydroxylation is 1. The van der Waals surface area contributed by atoms with Crippen LogP contribution in [0.25, 0.3) is 0 Å². The van der Waals surface area contributed by atoms with E-state index in [0.29, 0.717) is 6.42 Å². The van der Waals surface area contributed by atoms with Crippen LogP contribution in [0, 0.1) is 6.92 Å². The SMILES string of the molecule is Cc1nc(C(=O)N2CC[C@H](NC(=O)c3cnccn3)C[C@H]2C(=O)N[C@H](Cc2ccccc2)C(N)=O)cs1. The molecule has 0 spiro atoms. The summed E-state index contributed by atoms with van der Waals surface area (Å²) in [6.07, 6.45) is 5.01. The molecule has 4 rings (SSSR count). The van der Waals surface area contributed by atoms with Crippen LogP contribution in [-0.4, -0.2) is 68.2 Å². The van der Waals surface area contributed by atoms with Crippen molar-refractivity contribution in [2.24, 2.45) is 5.73 Å². The highest BCUT2D eigenvalue weighted by atomic mass is 32.1. The Bertz CT molecular complexity index is 1270. The van der Waals surface area contributed by atoms with Gasteiger partial charge in [-0.2, -0.15) is 0 Å². The zero-order valence-corrected chi connectivity index (χ0v) is 21.0. The highest BCUT2D eigenvalue weighted by molar-refractivity contribution is 7.09. The quantitative estimate of drug-likeness (QED) is 0.396. The Morgan fingerprint density at radius 2 is 1.95 bits per heavy atom. The smallest absolute Gasteiger partial charge is 0.274 e. The molecule has 3 atom stereocenters. The molecule has 11 nitrogen and oxygen atoms in total. The molecule has 4 amide bonds. The minimum absolute atomic E-state index is 0.142. The third kappa shape index (κ3) is 6.53. The number of piperidine rings is 1. The van der Waals surface area contributed by atoms with Gasteiger partial charge in [-0.25, -0.2) is 9.97 Å². The van der Waals surface area contributed by atoms with Crippen molar-refractivity contribution in [3.05, 3.63) is 76.3 Å². The number of hydrogen-bond donors (Lipinski definition) is 3. The number of hydrogen-bond acceptors (Lipinski definition) is 8. The van der Waals surface area contributed by atoms with Crippen LogP contribution in [0.5, 0.6) is 0 Å². The predicted molar refractivity (Wildman–Crippen MR) is 135 cm³/mol. The third-order valence-corrected chi connectivity index (χ3v) is 6.85. The van der Waals surface area contributed by atoms with E-state index in [4.69, 9.17) is 5.73 Å². The summed E-state index contributed by atoms with van der Waals surface area (Å²) in [5.74, 6) is -2.03. The van der Waals surface area contributed by atoms with Gasteiger partial charge in [0.1, 0.15) is 23.5 Å². The van der Waals surface area contributed by atoms with Gasteiger partial charge in [0.2, 0.25) is 11.8 Å². The zero-order valence-electron chi connectivity index (χ0n) is 20.2. The lowest BCUT2D eigenvalue weighted by atomic mass is 9.95. The Morgan fingerprint density at radius 3 is 2.59 bits per heavy atom. The summed E-state index contributed by atoms with van der Waals surface area (Å²) < 4.78 is 0. The summed E-state index contributed by atoms with van der Waals surface area (Å²) in [4.78, 5) is 65.2. The molecule has 0 radical (unpaired) electrons. The summed E-state index contributed by atoms with van der Waals surface area (Å²) in [6.45, 7) is 2.00. The number of carbonyl (C=O) groups excluding carboxylic acids is 4. The molecular formula is C25H27N7O4S. The van der Waals surface area contributed by atoms with Crippen molar-refractivity contribution in [2.45, 2.75) is 44.3 Å². The van der Waals surface area contributed by atoms with Crippen LogP contribution in [-0.2, 0) is 16.0 Å². The minimum atomic E-state index is -0.970. The average molecular weight is 522 g/mol. The average Bonchev–Trinajstić information content (AvgIpc) is 3.35. The second-order valence-corrected chi connectivity index (χ2v) is 9.77. The lowest BCUT2D eigenvalue weighted by Gasteiger charge is -2.39. The van der Waals surface area contributed by atoms with Crippen LogP contribution >= 0.6 is 11.3 Å². The molecule has 1 fully saturated rings. The molecule has 0 aliphatic carbocycles. The van der Waals surface area contributed by atoms with Gasteiger partial charge in [0.25, 0.3) is 11.8 Å². The fraction of sp³-hybridized carbons (Fsp3) is 0.320. The van der Waals surface area contributed by atoms with Crippen LogP contribution < -0.4 is 16.4 Å². The molecule has 3 aromatic rings. The first-order valence-electron chi connectivity index (χ1n) is 11.8. The summed E-state index contributed by atoms with van der Waals surface area (Å²) in [5, 5.41) is 7.97. The molecule has 12 heteroatoms. The molecular weight excluding hydrogens is 494 g/mol. The number of rotatable bonds is 8. The topological polar surface area (TPSA) is 160 Å². The maximum Gasteiger partial charge on any atom is 0.274 e. The van der Waals surface area contributed by atoms with E-state index in [2.05, 4.69) is 25.6 Å². The van der Waals surface area contributed by atoms with Gasteiger partial charge in [0.15, 0.2) is 0 Å². The van der Waals surface area contributed by atoms with Crippen molar-refractivity contribution >= 4 is 35.0 Å². The number of nitrogens with one attached hydrogen (secondary N) is 2. The van der Waals surface area contributed by atoms with Crippen molar-refractivity contribution in [1.29, 1.82) is 0 Å². The number of benzene rings is 1. The van der Waals surface area contributed by atoms with Gasteiger partial charge in [0.05, 0.1) is 11.2 Å². The van der Waals surface area contributed by atoms with Crippen LogP contribution in [0.1, 0.15) is 44.4 Å². The van der Waals surface area contributed by atoms with E-state index < -0.39 is 35.8 Å². The van der Waals surface area contributed by atoms with Crippen molar-refractivity contribution in [2.75, 3.05) is 6.54 Å². The number of nitrogens with two attached hydrogens (primary N) is 1. The first kappa shape index (κ1) is 25.9. The monoisotopic (exact) mass is 521 g/mol. The van der Waals surface area contributed by atoms with Gasteiger partial charge in [-0.15, -0.1) is 11.3 Å². The number of amides is 4. The van der Waals surface area contributed by atoms with Crippen LogP contribution in [0.15, 0.2) is 54.3 Å². The Labute approximate surface area is 217 Å². The Kier molecular flexibility index (Phi) is 8.18. The number of aromatic nitrogens is 3. The number of nitrogens with zero attached hydrogens (tertiary/aromatic N) is 4. The summed E-state index contributed by atoms with van der Waals surface area (Å²) in [5.41, 5.74) is 6.82. The number of thiazole rings is 1. The van der Waals surface area contributed by atoms with Gasteiger partial charge in [-0.1, -0.05) is 30.3 Å². The third-order valence-electron chi connectivity index (χ3n) is 6.08. The summed E-state index contributed by atoms with van der Waals surface area (Å²) in [7, 11) is 0. The highest BCUT2D eigenvalue weighted by Crippen LogP contribution is 2.22. The Balaban J connectivity index is 1.53. The van der Waals surface area contributed by atoms with Crippen LogP contribution in [0.3, 0.4) is 0 Å². The van der Waals surface area contributed by atoms with Gasteiger partial charge >= 0.3 is 0 Å².